The predicted molar refractivity (Wildman–Crippen MR) is 154 cm³/mol. The van der Waals surface area contributed by atoms with Crippen LogP contribution in [0.5, 0.6) is 11.5 Å². The Balaban J connectivity index is 1.46. The average molecular weight is 529 g/mol. The summed E-state index contributed by atoms with van der Waals surface area (Å²) in [6.07, 6.45) is 1.41. The molecule has 0 aliphatic heterocycles. The summed E-state index contributed by atoms with van der Waals surface area (Å²) in [7, 11) is 1.68. The van der Waals surface area contributed by atoms with Crippen molar-refractivity contribution in [2.24, 2.45) is 0 Å². The minimum absolute atomic E-state index is 0.126. The van der Waals surface area contributed by atoms with E-state index >= 15 is 0 Å². The number of aromatic nitrogens is 2. The van der Waals surface area contributed by atoms with E-state index in [4.69, 9.17) is 4.74 Å². The number of benzene rings is 3. The van der Waals surface area contributed by atoms with Crippen LogP contribution in [0.25, 0.3) is 10.8 Å². The Morgan fingerprint density at radius 2 is 1.82 bits per heavy atom. The maximum absolute atomic E-state index is 13.3. The van der Waals surface area contributed by atoms with Gasteiger partial charge >= 0.3 is 6.03 Å². The van der Waals surface area contributed by atoms with E-state index in [-0.39, 0.29) is 23.3 Å². The fraction of sp³-hybridized carbons (Fsp3) is 0.323. The molecule has 2 N–H and O–H groups in total. The number of aromatic hydroxyl groups is 1. The molecule has 0 spiro atoms. The van der Waals surface area contributed by atoms with Crippen LogP contribution in [-0.4, -0.2) is 47.0 Å². The lowest BCUT2D eigenvalue weighted by Crippen LogP contribution is -2.32. The van der Waals surface area contributed by atoms with Gasteiger partial charge in [-0.3, -0.25) is 9.69 Å². The smallest absolute Gasteiger partial charge is 0.349 e. The molecule has 0 aliphatic carbocycles. The highest BCUT2D eigenvalue weighted by Crippen LogP contribution is 2.35. The number of phenols is 1. The molecule has 8 heteroatoms. The Hall–Kier alpha value is -4.33. The molecule has 39 heavy (non-hydrogen) atoms. The summed E-state index contributed by atoms with van der Waals surface area (Å²) in [5, 5.41) is 19.4. The molecule has 0 aliphatic rings. The van der Waals surface area contributed by atoms with Crippen molar-refractivity contribution >= 4 is 28.4 Å². The lowest BCUT2D eigenvalue weighted by Gasteiger charge is -2.20. The van der Waals surface area contributed by atoms with E-state index in [9.17, 15) is 14.7 Å². The predicted octanol–water partition coefficient (Wildman–Crippen LogP) is 5.84. The zero-order valence-corrected chi connectivity index (χ0v) is 23.5. The summed E-state index contributed by atoms with van der Waals surface area (Å²) in [6, 6.07) is 14.4. The van der Waals surface area contributed by atoms with Gasteiger partial charge in [0.05, 0.1) is 23.6 Å². The minimum Gasteiger partial charge on any atom is -0.506 e. The molecule has 0 saturated carbocycles. The van der Waals surface area contributed by atoms with Crippen LogP contribution in [0.3, 0.4) is 0 Å². The lowest BCUT2D eigenvalue weighted by molar-refractivity contribution is 0.0949. The van der Waals surface area contributed by atoms with Crippen molar-refractivity contribution in [1.29, 1.82) is 0 Å². The fourth-order valence-electron chi connectivity index (χ4n) is 4.93. The zero-order valence-electron chi connectivity index (χ0n) is 23.5. The third kappa shape index (κ3) is 5.60. The van der Waals surface area contributed by atoms with Gasteiger partial charge in [-0.15, -0.1) is 0 Å². The Labute approximate surface area is 229 Å². The first kappa shape index (κ1) is 27.7. The van der Waals surface area contributed by atoms with Crippen LogP contribution in [-0.2, 0) is 6.42 Å². The summed E-state index contributed by atoms with van der Waals surface area (Å²) < 4.78 is 7.25. The van der Waals surface area contributed by atoms with Crippen molar-refractivity contribution in [3.05, 3.63) is 82.2 Å². The van der Waals surface area contributed by atoms with Gasteiger partial charge in [0.2, 0.25) is 0 Å². The number of anilines is 1. The molecule has 1 aromatic heterocycles. The van der Waals surface area contributed by atoms with Crippen LogP contribution in [0.1, 0.15) is 51.8 Å². The zero-order chi connectivity index (χ0) is 28.3. The summed E-state index contributed by atoms with van der Waals surface area (Å²) in [5.41, 5.74) is 5.74. The second-order valence-electron chi connectivity index (χ2n) is 9.82. The SMILES string of the molecule is CCc1c(C)nn(C(=O)N(C)c2cccc3c(O)c(C(=O)NCCCOc4ccc(C)cc4C)ccc23)c1C. The van der Waals surface area contributed by atoms with Crippen LogP contribution < -0.4 is 15.0 Å². The van der Waals surface area contributed by atoms with Gasteiger partial charge in [-0.05, 0) is 69.9 Å². The number of carbonyl (C=O) groups excluding carboxylic acids is 2. The molecule has 4 rings (SSSR count). The van der Waals surface area contributed by atoms with Crippen molar-refractivity contribution in [1.82, 2.24) is 15.1 Å². The third-order valence-electron chi connectivity index (χ3n) is 7.07. The maximum atomic E-state index is 13.3. The highest BCUT2D eigenvalue weighted by molar-refractivity contribution is 6.09. The Kier molecular flexibility index (Phi) is 8.24. The molecule has 8 nitrogen and oxygen atoms in total. The average Bonchev–Trinajstić information content (AvgIpc) is 3.21. The van der Waals surface area contributed by atoms with Crippen molar-refractivity contribution in [2.45, 2.75) is 47.5 Å². The normalized spacial score (nSPS) is 11.0. The van der Waals surface area contributed by atoms with E-state index in [0.29, 0.717) is 36.0 Å². The molecule has 0 unspecified atom stereocenters. The van der Waals surface area contributed by atoms with Crippen molar-refractivity contribution in [3.63, 3.8) is 0 Å². The first-order chi connectivity index (χ1) is 18.6. The van der Waals surface area contributed by atoms with Gasteiger partial charge < -0.3 is 15.2 Å². The van der Waals surface area contributed by atoms with Crippen LogP contribution in [0, 0.1) is 27.7 Å². The highest BCUT2D eigenvalue weighted by atomic mass is 16.5. The van der Waals surface area contributed by atoms with Crippen LogP contribution in [0.2, 0.25) is 0 Å². The van der Waals surface area contributed by atoms with E-state index in [2.05, 4.69) is 16.5 Å². The molecule has 0 radical (unpaired) electrons. The molecule has 0 atom stereocenters. The number of nitrogens with one attached hydrogen (secondary N) is 1. The van der Waals surface area contributed by atoms with E-state index in [0.717, 1.165) is 34.7 Å². The third-order valence-corrected chi connectivity index (χ3v) is 7.07. The van der Waals surface area contributed by atoms with Crippen LogP contribution in [0.4, 0.5) is 10.5 Å². The summed E-state index contributed by atoms with van der Waals surface area (Å²) in [6.45, 7) is 10.7. The molecular weight excluding hydrogens is 492 g/mol. The number of nitrogens with zero attached hydrogens (tertiary/aromatic N) is 3. The fourth-order valence-corrected chi connectivity index (χ4v) is 4.93. The quantitative estimate of drug-likeness (QED) is 0.280. The Bertz CT molecular complexity index is 1540. The molecule has 0 saturated heterocycles. The number of ether oxygens (including phenoxy) is 1. The van der Waals surface area contributed by atoms with Gasteiger partial charge in [-0.25, -0.2) is 4.79 Å². The van der Waals surface area contributed by atoms with E-state index < -0.39 is 0 Å². The second kappa shape index (κ2) is 11.6. The number of phenolic OH excluding ortho intramolecular Hbond substituents is 1. The second-order valence-corrected chi connectivity index (χ2v) is 9.82. The van der Waals surface area contributed by atoms with E-state index in [1.54, 1.807) is 31.3 Å². The van der Waals surface area contributed by atoms with Crippen LogP contribution in [0.15, 0.2) is 48.5 Å². The first-order valence-corrected chi connectivity index (χ1v) is 13.2. The molecule has 204 valence electrons. The van der Waals surface area contributed by atoms with Crippen molar-refractivity contribution in [2.75, 3.05) is 25.1 Å². The van der Waals surface area contributed by atoms with Gasteiger partial charge in [0.15, 0.2) is 0 Å². The summed E-state index contributed by atoms with van der Waals surface area (Å²) >= 11 is 0. The summed E-state index contributed by atoms with van der Waals surface area (Å²) in [5.74, 6) is 0.339. The number of hydrogen-bond donors (Lipinski definition) is 2. The largest absolute Gasteiger partial charge is 0.506 e. The Morgan fingerprint density at radius 3 is 2.51 bits per heavy atom. The molecule has 0 bridgehead atoms. The van der Waals surface area contributed by atoms with Gasteiger partial charge in [0.1, 0.15) is 11.5 Å². The van der Waals surface area contributed by atoms with E-state index in [1.165, 1.54) is 15.1 Å². The minimum atomic E-state index is -0.370. The maximum Gasteiger partial charge on any atom is 0.349 e. The molecule has 2 amide bonds. The van der Waals surface area contributed by atoms with Gasteiger partial charge in [-0.2, -0.15) is 9.78 Å². The number of amides is 2. The molecular formula is C31H36N4O4. The highest BCUT2D eigenvalue weighted by Gasteiger charge is 2.22. The van der Waals surface area contributed by atoms with Gasteiger partial charge in [0.25, 0.3) is 5.91 Å². The summed E-state index contributed by atoms with van der Waals surface area (Å²) in [4.78, 5) is 27.7. The molecule has 3 aromatic carbocycles. The topological polar surface area (TPSA) is 96.7 Å². The Morgan fingerprint density at radius 1 is 1.05 bits per heavy atom. The van der Waals surface area contributed by atoms with Crippen molar-refractivity contribution < 1.29 is 19.4 Å². The van der Waals surface area contributed by atoms with Crippen LogP contribution >= 0.6 is 0 Å². The number of carbonyl (C=O) groups is 2. The standard InChI is InChI=1S/C31H36N4O4/c1-7-23-21(4)33-35(22(23)5)31(38)34(6)27-11-8-10-25-24(27)13-14-26(29(25)36)30(37)32-16-9-17-39-28-15-12-19(2)18-20(28)3/h8,10-15,18,36H,7,9,16-17H2,1-6H3,(H,32,37). The number of hydrogen-bond acceptors (Lipinski definition) is 5. The molecule has 1 heterocycles. The molecule has 4 aromatic rings. The lowest BCUT2D eigenvalue weighted by atomic mass is 10.0. The number of fused-ring (bicyclic) bond motifs is 1. The first-order valence-electron chi connectivity index (χ1n) is 13.2. The van der Waals surface area contributed by atoms with E-state index in [1.807, 2.05) is 52.8 Å². The number of rotatable bonds is 8. The number of aryl methyl sites for hydroxylation is 3. The van der Waals surface area contributed by atoms with Crippen molar-refractivity contribution in [3.8, 4) is 11.5 Å². The van der Waals surface area contributed by atoms with Gasteiger partial charge in [0, 0.05) is 30.1 Å². The molecule has 0 fully saturated rings. The van der Waals surface area contributed by atoms with Gasteiger partial charge in [-0.1, -0.05) is 42.8 Å². The monoisotopic (exact) mass is 528 g/mol.